The van der Waals surface area contributed by atoms with Gasteiger partial charge in [0.15, 0.2) is 0 Å². The summed E-state index contributed by atoms with van der Waals surface area (Å²) in [4.78, 5) is 25.5. The van der Waals surface area contributed by atoms with E-state index in [0.29, 0.717) is 16.9 Å². The monoisotopic (exact) mass is 448 g/mol. The van der Waals surface area contributed by atoms with Crippen LogP contribution in [-0.4, -0.2) is 11.8 Å². The third kappa shape index (κ3) is 6.46. The maximum Gasteiger partial charge on any atom is 0.251 e. The van der Waals surface area contributed by atoms with Crippen LogP contribution in [0.25, 0.3) is 0 Å². The summed E-state index contributed by atoms with van der Waals surface area (Å²) in [5.41, 5.74) is 3.50. The van der Waals surface area contributed by atoms with Crippen molar-refractivity contribution in [2.75, 3.05) is 5.32 Å². The number of amides is 2. The standard InChI is InChI=1S/C28H24N4O2/c33-27(29-23-16-18-25(19-17-23)32-31-24-14-8-3-9-15-24)20-26(21-10-4-1-5-11-21)30-28(34)22-12-6-2-7-13-22/h1-19,26H,20H2,(H,29,33)(H,30,34)/t26-/m0/s1. The first-order valence-corrected chi connectivity index (χ1v) is 10.9. The molecule has 4 aromatic carbocycles. The third-order valence-electron chi connectivity index (χ3n) is 5.12. The van der Waals surface area contributed by atoms with Gasteiger partial charge in [-0.2, -0.15) is 10.2 Å². The Hall–Kier alpha value is -4.58. The Morgan fingerprint density at radius 1 is 0.647 bits per heavy atom. The average molecular weight is 449 g/mol. The molecule has 0 fully saturated rings. The van der Waals surface area contributed by atoms with Gasteiger partial charge in [0.05, 0.1) is 23.8 Å². The van der Waals surface area contributed by atoms with Crippen LogP contribution in [0, 0.1) is 0 Å². The van der Waals surface area contributed by atoms with Crippen LogP contribution in [0.15, 0.2) is 125 Å². The molecule has 2 amide bonds. The first kappa shape index (κ1) is 22.6. The maximum atomic E-state index is 12.8. The first-order chi connectivity index (χ1) is 16.7. The molecule has 0 radical (unpaired) electrons. The molecule has 0 saturated carbocycles. The minimum atomic E-state index is -0.465. The van der Waals surface area contributed by atoms with Gasteiger partial charge in [0, 0.05) is 11.3 Å². The van der Waals surface area contributed by atoms with Crippen LogP contribution in [0.1, 0.15) is 28.4 Å². The van der Waals surface area contributed by atoms with Gasteiger partial charge in [0.1, 0.15) is 0 Å². The van der Waals surface area contributed by atoms with Crippen molar-refractivity contribution in [1.82, 2.24) is 5.32 Å². The molecule has 0 aromatic heterocycles. The van der Waals surface area contributed by atoms with Crippen molar-refractivity contribution in [2.45, 2.75) is 12.5 Å². The number of nitrogens with zero attached hydrogens (tertiary/aromatic N) is 2. The summed E-state index contributed by atoms with van der Waals surface area (Å²) in [7, 11) is 0. The quantitative estimate of drug-likeness (QED) is 0.298. The van der Waals surface area contributed by atoms with E-state index in [0.717, 1.165) is 11.3 Å². The van der Waals surface area contributed by atoms with E-state index in [4.69, 9.17) is 0 Å². The molecule has 0 bridgehead atoms. The van der Waals surface area contributed by atoms with Crippen molar-refractivity contribution in [1.29, 1.82) is 0 Å². The zero-order valence-electron chi connectivity index (χ0n) is 18.5. The van der Waals surface area contributed by atoms with Gasteiger partial charge in [0.25, 0.3) is 5.91 Å². The highest BCUT2D eigenvalue weighted by Crippen LogP contribution is 2.22. The van der Waals surface area contributed by atoms with Gasteiger partial charge in [-0.25, -0.2) is 0 Å². The molecule has 0 unspecified atom stereocenters. The van der Waals surface area contributed by atoms with Gasteiger partial charge < -0.3 is 10.6 Å². The molecule has 2 N–H and O–H groups in total. The summed E-state index contributed by atoms with van der Waals surface area (Å²) in [6.07, 6.45) is 0.0953. The molecule has 0 aliphatic rings. The van der Waals surface area contributed by atoms with E-state index in [1.54, 1.807) is 36.4 Å². The van der Waals surface area contributed by atoms with Crippen LogP contribution in [-0.2, 0) is 4.79 Å². The van der Waals surface area contributed by atoms with Crippen LogP contribution in [0.4, 0.5) is 17.1 Å². The lowest BCUT2D eigenvalue weighted by Crippen LogP contribution is -2.31. The highest BCUT2D eigenvalue weighted by Gasteiger charge is 2.19. The van der Waals surface area contributed by atoms with Gasteiger partial charge in [-0.15, -0.1) is 0 Å². The van der Waals surface area contributed by atoms with Gasteiger partial charge in [-0.3, -0.25) is 9.59 Å². The topological polar surface area (TPSA) is 82.9 Å². The van der Waals surface area contributed by atoms with E-state index < -0.39 is 6.04 Å². The number of anilines is 1. The molecule has 0 aliphatic heterocycles. The summed E-state index contributed by atoms with van der Waals surface area (Å²) < 4.78 is 0. The Morgan fingerprint density at radius 2 is 1.18 bits per heavy atom. The fourth-order valence-corrected chi connectivity index (χ4v) is 3.39. The fourth-order valence-electron chi connectivity index (χ4n) is 3.39. The summed E-state index contributed by atoms with van der Waals surface area (Å²) in [6, 6.07) is 34.6. The van der Waals surface area contributed by atoms with Crippen molar-refractivity contribution in [3.05, 3.63) is 126 Å². The Kier molecular flexibility index (Phi) is 7.54. The summed E-state index contributed by atoms with van der Waals surface area (Å²) >= 11 is 0. The van der Waals surface area contributed by atoms with Crippen molar-refractivity contribution in [3.63, 3.8) is 0 Å². The number of rotatable bonds is 8. The predicted octanol–water partition coefficient (Wildman–Crippen LogP) is 6.60. The lowest BCUT2D eigenvalue weighted by Gasteiger charge is -2.19. The normalized spacial score (nSPS) is 11.6. The van der Waals surface area contributed by atoms with Gasteiger partial charge in [-0.05, 0) is 54.1 Å². The average Bonchev–Trinajstić information content (AvgIpc) is 2.89. The second-order valence-corrected chi connectivity index (χ2v) is 7.64. The Labute approximate surface area is 198 Å². The van der Waals surface area contributed by atoms with E-state index in [1.807, 2.05) is 78.9 Å². The number of hydrogen-bond donors (Lipinski definition) is 2. The zero-order chi connectivity index (χ0) is 23.6. The molecule has 168 valence electrons. The number of hydrogen-bond acceptors (Lipinski definition) is 4. The number of benzene rings is 4. The summed E-state index contributed by atoms with van der Waals surface area (Å²) in [6.45, 7) is 0. The number of carbonyl (C=O) groups is 2. The van der Waals surface area contributed by atoms with Crippen LogP contribution in [0.2, 0.25) is 0 Å². The second-order valence-electron chi connectivity index (χ2n) is 7.64. The van der Waals surface area contributed by atoms with Gasteiger partial charge >= 0.3 is 0 Å². The number of azo groups is 1. The van der Waals surface area contributed by atoms with E-state index >= 15 is 0 Å². The lowest BCUT2D eigenvalue weighted by atomic mass is 10.0. The Balaban J connectivity index is 1.40. The van der Waals surface area contributed by atoms with Crippen LogP contribution < -0.4 is 10.6 Å². The number of nitrogens with one attached hydrogen (secondary N) is 2. The van der Waals surface area contributed by atoms with Crippen LogP contribution in [0.5, 0.6) is 0 Å². The van der Waals surface area contributed by atoms with Crippen LogP contribution >= 0.6 is 0 Å². The molecular formula is C28H24N4O2. The van der Waals surface area contributed by atoms with E-state index in [-0.39, 0.29) is 18.2 Å². The smallest absolute Gasteiger partial charge is 0.251 e. The van der Waals surface area contributed by atoms with E-state index in [1.165, 1.54) is 0 Å². The van der Waals surface area contributed by atoms with E-state index in [2.05, 4.69) is 20.9 Å². The molecular weight excluding hydrogens is 424 g/mol. The van der Waals surface area contributed by atoms with Crippen molar-refractivity contribution < 1.29 is 9.59 Å². The number of carbonyl (C=O) groups excluding carboxylic acids is 2. The zero-order valence-corrected chi connectivity index (χ0v) is 18.5. The lowest BCUT2D eigenvalue weighted by molar-refractivity contribution is -0.116. The molecule has 34 heavy (non-hydrogen) atoms. The molecule has 0 heterocycles. The molecule has 0 saturated heterocycles. The highest BCUT2D eigenvalue weighted by molar-refractivity contribution is 5.95. The summed E-state index contributed by atoms with van der Waals surface area (Å²) in [5.74, 6) is -0.434. The van der Waals surface area contributed by atoms with Crippen molar-refractivity contribution in [3.8, 4) is 0 Å². The molecule has 4 rings (SSSR count). The summed E-state index contributed by atoms with van der Waals surface area (Å²) in [5, 5.41) is 14.3. The van der Waals surface area contributed by atoms with Crippen molar-refractivity contribution >= 4 is 28.9 Å². The minimum absolute atomic E-state index is 0.0953. The Bertz CT molecular complexity index is 1240. The first-order valence-electron chi connectivity index (χ1n) is 10.9. The third-order valence-corrected chi connectivity index (χ3v) is 5.12. The van der Waals surface area contributed by atoms with E-state index in [9.17, 15) is 9.59 Å². The van der Waals surface area contributed by atoms with Crippen LogP contribution in [0.3, 0.4) is 0 Å². The molecule has 0 aliphatic carbocycles. The highest BCUT2D eigenvalue weighted by atomic mass is 16.2. The van der Waals surface area contributed by atoms with Crippen molar-refractivity contribution in [2.24, 2.45) is 10.2 Å². The SMILES string of the molecule is O=C(C[C@H](NC(=O)c1ccccc1)c1ccccc1)Nc1ccc(N=Nc2ccccc2)cc1. The maximum absolute atomic E-state index is 12.8. The molecule has 1 atom stereocenters. The predicted molar refractivity (Wildman–Crippen MR) is 133 cm³/mol. The molecule has 6 heteroatoms. The van der Waals surface area contributed by atoms with Gasteiger partial charge in [0.2, 0.25) is 5.91 Å². The molecule has 4 aromatic rings. The largest absolute Gasteiger partial charge is 0.345 e. The fraction of sp³-hybridized carbons (Fsp3) is 0.0714. The second kappa shape index (κ2) is 11.3. The Morgan fingerprint density at radius 3 is 1.79 bits per heavy atom. The molecule has 0 spiro atoms. The molecule has 6 nitrogen and oxygen atoms in total. The minimum Gasteiger partial charge on any atom is -0.345 e. The van der Waals surface area contributed by atoms with Gasteiger partial charge in [-0.1, -0.05) is 66.7 Å².